The highest BCUT2D eigenvalue weighted by Crippen LogP contribution is 2.28. The summed E-state index contributed by atoms with van der Waals surface area (Å²) in [6.45, 7) is 7.65. The first-order chi connectivity index (χ1) is 17.0. The Labute approximate surface area is 213 Å². The Morgan fingerprint density at radius 2 is 1.31 bits per heavy atom. The average Bonchev–Trinajstić information content (AvgIpc) is 2.83. The van der Waals surface area contributed by atoms with E-state index in [1.54, 1.807) is 0 Å². The third-order valence-corrected chi connectivity index (χ3v) is 6.52. The molecule has 1 fully saturated rings. The van der Waals surface area contributed by atoms with Gasteiger partial charge in [0.05, 0.1) is 52.9 Å². The lowest BCUT2D eigenvalue weighted by atomic mass is 9.95. The molecule has 1 rings (SSSR count). The molecule has 11 heteroatoms. The Hall–Kier alpha value is -1.40. The van der Waals surface area contributed by atoms with Crippen molar-refractivity contribution in [2.45, 2.75) is 63.7 Å². The van der Waals surface area contributed by atoms with E-state index in [9.17, 15) is 14.4 Å². The number of nitrogens with one attached hydrogen (secondary N) is 2. The molecule has 10 nitrogen and oxygen atoms in total. The molecule has 0 heterocycles. The Kier molecular flexibility index (Phi) is 19.7. The largest absolute Gasteiger partial charge is 0.447 e. The summed E-state index contributed by atoms with van der Waals surface area (Å²) >= 11 is 2.01. The van der Waals surface area contributed by atoms with Crippen molar-refractivity contribution in [2.75, 3.05) is 71.8 Å². The van der Waals surface area contributed by atoms with E-state index >= 15 is 0 Å². The van der Waals surface area contributed by atoms with E-state index in [0.717, 1.165) is 36.7 Å². The Balaban J connectivity index is 1.77. The van der Waals surface area contributed by atoms with Crippen LogP contribution >= 0.6 is 11.8 Å². The van der Waals surface area contributed by atoms with E-state index in [1.165, 1.54) is 6.92 Å². The van der Waals surface area contributed by atoms with Gasteiger partial charge in [-0.3, -0.25) is 4.79 Å². The number of carbonyl (C=O) groups excluding carboxylic acids is 3. The van der Waals surface area contributed by atoms with E-state index in [4.69, 9.17) is 23.7 Å². The van der Waals surface area contributed by atoms with Gasteiger partial charge >= 0.3 is 6.09 Å². The molecule has 1 saturated carbocycles. The molecule has 0 aromatic rings. The molecule has 0 aromatic heterocycles. The minimum atomic E-state index is -0.369. The maximum atomic E-state index is 11.9. The molecule has 0 aliphatic heterocycles. The lowest BCUT2D eigenvalue weighted by molar-refractivity contribution is -0.124. The summed E-state index contributed by atoms with van der Waals surface area (Å²) in [5.41, 5.74) is 0. The number of rotatable bonds is 21. The van der Waals surface area contributed by atoms with Gasteiger partial charge in [-0.15, -0.1) is 0 Å². The molecule has 0 radical (unpaired) electrons. The number of Topliss-reactive ketones (excluding diaryl/α,β-unsaturated/α-hetero) is 1. The summed E-state index contributed by atoms with van der Waals surface area (Å²) < 4.78 is 26.7. The third kappa shape index (κ3) is 19.5. The maximum absolute atomic E-state index is 11.9. The van der Waals surface area contributed by atoms with Crippen LogP contribution in [0.4, 0.5) is 4.79 Å². The molecule has 1 aliphatic rings. The van der Waals surface area contributed by atoms with Crippen molar-refractivity contribution in [3.8, 4) is 0 Å². The van der Waals surface area contributed by atoms with E-state index in [1.807, 2.05) is 11.8 Å². The van der Waals surface area contributed by atoms with Gasteiger partial charge in [0.15, 0.2) is 0 Å². The number of hydrogen-bond acceptors (Lipinski definition) is 9. The quantitative estimate of drug-likeness (QED) is 0.220. The van der Waals surface area contributed by atoms with Gasteiger partial charge in [0.2, 0.25) is 5.91 Å². The second-order valence-electron chi connectivity index (χ2n) is 8.21. The summed E-state index contributed by atoms with van der Waals surface area (Å²) in [4.78, 5) is 34.1. The van der Waals surface area contributed by atoms with E-state index in [0.29, 0.717) is 59.4 Å². The molecule has 204 valence electrons. The lowest BCUT2D eigenvalue weighted by Crippen LogP contribution is -2.38. The fourth-order valence-corrected chi connectivity index (χ4v) is 4.49. The van der Waals surface area contributed by atoms with Crippen molar-refractivity contribution in [3.05, 3.63) is 0 Å². The Bertz CT molecular complexity index is 574. The first-order valence-corrected chi connectivity index (χ1v) is 13.7. The summed E-state index contributed by atoms with van der Waals surface area (Å²) in [5, 5.41) is 6.36. The number of ether oxygens (including phenoxy) is 5. The van der Waals surface area contributed by atoms with Gasteiger partial charge in [-0.25, -0.2) is 4.79 Å². The van der Waals surface area contributed by atoms with Gasteiger partial charge in [0, 0.05) is 30.7 Å². The molecule has 0 unspecified atom stereocenters. The molecule has 0 atom stereocenters. The lowest BCUT2D eigenvalue weighted by Gasteiger charge is -2.28. The van der Waals surface area contributed by atoms with Crippen LogP contribution in [0.25, 0.3) is 0 Å². The summed E-state index contributed by atoms with van der Waals surface area (Å²) in [5.74, 6) is 1.01. The van der Waals surface area contributed by atoms with Crippen molar-refractivity contribution in [3.63, 3.8) is 0 Å². The SMILES string of the molecule is CCSC1CCC(NC(=O)OCCOCCOCCOCCOCCNC(=O)CCC(C)=O)CC1. The fraction of sp³-hybridized carbons (Fsp3) is 0.875. The highest BCUT2D eigenvalue weighted by molar-refractivity contribution is 7.99. The molecular formula is C24H44N2O8S. The van der Waals surface area contributed by atoms with Crippen molar-refractivity contribution in [1.82, 2.24) is 10.6 Å². The van der Waals surface area contributed by atoms with E-state index in [2.05, 4.69) is 17.6 Å². The second-order valence-corrected chi connectivity index (χ2v) is 9.79. The zero-order valence-corrected chi connectivity index (χ0v) is 22.2. The van der Waals surface area contributed by atoms with Crippen LogP contribution in [-0.2, 0) is 33.3 Å². The van der Waals surface area contributed by atoms with Gasteiger partial charge in [0.25, 0.3) is 0 Å². The first kappa shape index (κ1) is 31.6. The van der Waals surface area contributed by atoms with E-state index in [-0.39, 0.29) is 43.3 Å². The number of thioether (sulfide) groups is 1. The maximum Gasteiger partial charge on any atom is 0.407 e. The molecular weight excluding hydrogens is 476 g/mol. The van der Waals surface area contributed by atoms with Crippen LogP contribution in [-0.4, -0.2) is 101 Å². The number of hydrogen-bond donors (Lipinski definition) is 2. The van der Waals surface area contributed by atoms with Crippen LogP contribution in [0.2, 0.25) is 0 Å². The van der Waals surface area contributed by atoms with Crippen LogP contribution in [0.1, 0.15) is 52.4 Å². The Morgan fingerprint density at radius 3 is 1.86 bits per heavy atom. The topological polar surface area (TPSA) is 121 Å². The second kappa shape index (κ2) is 21.8. The number of ketones is 1. The molecule has 35 heavy (non-hydrogen) atoms. The van der Waals surface area contributed by atoms with Gasteiger partial charge in [-0.1, -0.05) is 6.92 Å². The number of alkyl carbamates (subject to hydrolysis) is 1. The smallest absolute Gasteiger partial charge is 0.407 e. The number of amides is 2. The van der Waals surface area contributed by atoms with Crippen LogP contribution < -0.4 is 10.6 Å². The monoisotopic (exact) mass is 520 g/mol. The molecule has 0 spiro atoms. The van der Waals surface area contributed by atoms with Crippen LogP contribution in [0.5, 0.6) is 0 Å². The first-order valence-electron chi connectivity index (χ1n) is 12.6. The van der Waals surface area contributed by atoms with Crippen molar-refractivity contribution < 1.29 is 38.1 Å². The minimum absolute atomic E-state index is 0.00479. The summed E-state index contributed by atoms with van der Waals surface area (Å²) in [6, 6.07) is 0.219. The van der Waals surface area contributed by atoms with Crippen molar-refractivity contribution in [1.29, 1.82) is 0 Å². The van der Waals surface area contributed by atoms with Crippen molar-refractivity contribution >= 4 is 29.5 Å². The van der Waals surface area contributed by atoms with Gasteiger partial charge in [-0.2, -0.15) is 11.8 Å². The summed E-state index contributed by atoms with van der Waals surface area (Å²) in [6.07, 6.45) is 4.44. The molecule has 0 aromatic carbocycles. The van der Waals surface area contributed by atoms with Crippen LogP contribution in [0.15, 0.2) is 0 Å². The normalized spacial score (nSPS) is 17.7. The molecule has 0 saturated heterocycles. The predicted octanol–water partition coefficient (Wildman–Crippen LogP) is 2.33. The van der Waals surface area contributed by atoms with Gasteiger partial charge in [0.1, 0.15) is 12.4 Å². The molecule has 1 aliphatic carbocycles. The highest BCUT2D eigenvalue weighted by atomic mass is 32.2. The molecule has 0 bridgehead atoms. The standard InChI is InChI=1S/C24H44N2O8S/c1-3-35-22-7-5-21(6-8-22)26-24(29)34-19-18-33-17-16-32-15-14-31-13-12-30-11-10-25-23(28)9-4-20(2)27/h21-22H,3-19H2,1-2H3,(H,25,28)(H,26,29). The minimum Gasteiger partial charge on any atom is -0.447 e. The van der Waals surface area contributed by atoms with Crippen molar-refractivity contribution in [2.24, 2.45) is 0 Å². The van der Waals surface area contributed by atoms with Gasteiger partial charge < -0.3 is 39.1 Å². The van der Waals surface area contributed by atoms with E-state index < -0.39 is 0 Å². The average molecular weight is 521 g/mol. The number of carbonyl (C=O) groups is 3. The zero-order valence-electron chi connectivity index (χ0n) is 21.3. The van der Waals surface area contributed by atoms with Gasteiger partial charge in [-0.05, 0) is 38.4 Å². The highest BCUT2D eigenvalue weighted by Gasteiger charge is 2.22. The van der Waals surface area contributed by atoms with Crippen LogP contribution in [0.3, 0.4) is 0 Å². The van der Waals surface area contributed by atoms with Crippen LogP contribution in [0, 0.1) is 0 Å². The fourth-order valence-electron chi connectivity index (χ4n) is 3.41. The third-order valence-electron chi connectivity index (χ3n) is 5.25. The summed E-state index contributed by atoms with van der Waals surface area (Å²) in [7, 11) is 0. The Morgan fingerprint density at radius 1 is 0.771 bits per heavy atom. The molecule has 2 amide bonds. The predicted molar refractivity (Wildman–Crippen MR) is 135 cm³/mol. The zero-order chi connectivity index (χ0) is 25.6. The molecule has 2 N–H and O–H groups in total.